The van der Waals surface area contributed by atoms with Crippen LogP contribution in [0.15, 0.2) is 24.5 Å². The Morgan fingerprint density at radius 1 is 1.62 bits per heavy atom. The molecule has 1 unspecified atom stereocenters. The average molecular weight is 177 g/mol. The van der Waals surface area contributed by atoms with Crippen molar-refractivity contribution in [2.24, 2.45) is 5.92 Å². The predicted molar refractivity (Wildman–Crippen MR) is 52.6 cm³/mol. The lowest BCUT2D eigenvalue weighted by Crippen LogP contribution is -2.05. The number of aromatic nitrogens is 1. The molecule has 0 aliphatic rings. The summed E-state index contributed by atoms with van der Waals surface area (Å²) in [6.07, 6.45) is 4.99. The second-order valence-corrected chi connectivity index (χ2v) is 3.38. The Labute approximate surface area is 79.0 Å². The summed E-state index contributed by atoms with van der Waals surface area (Å²) in [5, 5.41) is 0. The van der Waals surface area contributed by atoms with Crippen molar-refractivity contribution in [2.75, 3.05) is 0 Å². The summed E-state index contributed by atoms with van der Waals surface area (Å²) >= 11 is 0. The van der Waals surface area contributed by atoms with E-state index in [1.54, 1.807) is 18.5 Å². The van der Waals surface area contributed by atoms with Crippen molar-refractivity contribution in [3.05, 3.63) is 30.1 Å². The molecule has 0 fully saturated rings. The van der Waals surface area contributed by atoms with E-state index in [-0.39, 0.29) is 5.78 Å². The molecule has 1 aromatic heterocycles. The molecule has 1 heterocycles. The molecular weight excluding hydrogens is 162 g/mol. The van der Waals surface area contributed by atoms with Crippen molar-refractivity contribution in [3.63, 3.8) is 0 Å². The number of hydrogen-bond acceptors (Lipinski definition) is 2. The van der Waals surface area contributed by atoms with Crippen LogP contribution in [-0.2, 0) is 0 Å². The van der Waals surface area contributed by atoms with Crippen molar-refractivity contribution < 1.29 is 4.79 Å². The minimum absolute atomic E-state index is 0.197. The van der Waals surface area contributed by atoms with Gasteiger partial charge in [0.05, 0.1) is 0 Å². The normalized spacial score (nSPS) is 12.5. The van der Waals surface area contributed by atoms with Gasteiger partial charge in [0.1, 0.15) is 0 Å². The highest BCUT2D eigenvalue weighted by Gasteiger charge is 2.09. The second-order valence-electron chi connectivity index (χ2n) is 3.38. The van der Waals surface area contributed by atoms with E-state index >= 15 is 0 Å². The first kappa shape index (κ1) is 9.90. The van der Waals surface area contributed by atoms with E-state index < -0.39 is 0 Å². The maximum atomic E-state index is 11.6. The number of pyridine rings is 1. The third-order valence-corrected chi connectivity index (χ3v) is 2.21. The van der Waals surface area contributed by atoms with Crippen molar-refractivity contribution in [1.82, 2.24) is 4.98 Å². The Balaban J connectivity index is 2.59. The molecule has 1 aromatic rings. The molecule has 0 bridgehead atoms. The van der Waals surface area contributed by atoms with Crippen molar-refractivity contribution in [1.29, 1.82) is 0 Å². The Kier molecular flexibility index (Phi) is 3.62. The van der Waals surface area contributed by atoms with Crippen molar-refractivity contribution in [3.8, 4) is 0 Å². The maximum absolute atomic E-state index is 11.6. The zero-order valence-electron chi connectivity index (χ0n) is 8.16. The van der Waals surface area contributed by atoms with Crippen LogP contribution in [-0.4, -0.2) is 10.8 Å². The van der Waals surface area contributed by atoms with Crippen LogP contribution in [0.3, 0.4) is 0 Å². The minimum atomic E-state index is 0.197. The molecule has 0 aromatic carbocycles. The fourth-order valence-electron chi connectivity index (χ4n) is 1.11. The van der Waals surface area contributed by atoms with Crippen LogP contribution in [0.5, 0.6) is 0 Å². The zero-order valence-corrected chi connectivity index (χ0v) is 8.16. The summed E-state index contributed by atoms with van der Waals surface area (Å²) in [6, 6.07) is 3.61. The van der Waals surface area contributed by atoms with Gasteiger partial charge in [0, 0.05) is 24.4 Å². The molecule has 2 nitrogen and oxygen atoms in total. The number of rotatable bonds is 4. The molecule has 70 valence electrons. The number of hydrogen-bond donors (Lipinski definition) is 0. The smallest absolute Gasteiger partial charge is 0.164 e. The molecular formula is C11H15NO. The van der Waals surface area contributed by atoms with E-state index in [2.05, 4.69) is 18.8 Å². The molecule has 0 N–H and O–H groups in total. The summed E-state index contributed by atoms with van der Waals surface area (Å²) in [7, 11) is 0. The summed E-state index contributed by atoms with van der Waals surface area (Å²) < 4.78 is 0. The lowest BCUT2D eigenvalue weighted by Gasteiger charge is -2.06. The fourth-order valence-corrected chi connectivity index (χ4v) is 1.11. The van der Waals surface area contributed by atoms with Crippen LogP contribution < -0.4 is 0 Å². The number of carbonyl (C=O) groups excluding carboxylic acids is 1. The van der Waals surface area contributed by atoms with E-state index in [0.717, 1.165) is 12.0 Å². The van der Waals surface area contributed by atoms with Gasteiger partial charge >= 0.3 is 0 Å². The Hall–Kier alpha value is -1.18. The molecule has 0 aliphatic carbocycles. The van der Waals surface area contributed by atoms with Crippen molar-refractivity contribution >= 4 is 5.78 Å². The summed E-state index contributed by atoms with van der Waals surface area (Å²) in [4.78, 5) is 15.5. The van der Waals surface area contributed by atoms with Gasteiger partial charge in [-0.15, -0.1) is 0 Å². The standard InChI is InChI=1S/C11H15NO/c1-3-9(2)7-11(13)10-5-4-6-12-8-10/h4-6,8-9H,3,7H2,1-2H3. The molecule has 0 amide bonds. The molecule has 0 saturated carbocycles. The highest BCUT2D eigenvalue weighted by Crippen LogP contribution is 2.11. The highest BCUT2D eigenvalue weighted by molar-refractivity contribution is 5.95. The monoisotopic (exact) mass is 177 g/mol. The van der Waals surface area contributed by atoms with Gasteiger partial charge < -0.3 is 0 Å². The number of carbonyl (C=O) groups is 1. The third-order valence-electron chi connectivity index (χ3n) is 2.21. The van der Waals surface area contributed by atoms with Crippen LogP contribution in [0.4, 0.5) is 0 Å². The van der Waals surface area contributed by atoms with Gasteiger partial charge in [0.25, 0.3) is 0 Å². The summed E-state index contributed by atoms with van der Waals surface area (Å²) in [5.41, 5.74) is 0.725. The SMILES string of the molecule is CCC(C)CC(=O)c1cccnc1. The van der Waals surface area contributed by atoms with Gasteiger partial charge in [-0.05, 0) is 18.1 Å². The molecule has 1 atom stereocenters. The van der Waals surface area contributed by atoms with Crippen LogP contribution >= 0.6 is 0 Å². The molecule has 0 saturated heterocycles. The molecule has 2 heteroatoms. The van der Waals surface area contributed by atoms with Gasteiger partial charge in [-0.3, -0.25) is 9.78 Å². The topological polar surface area (TPSA) is 30.0 Å². The first-order valence-corrected chi connectivity index (χ1v) is 4.67. The molecule has 0 radical (unpaired) electrons. The van der Waals surface area contributed by atoms with E-state index in [4.69, 9.17) is 0 Å². The van der Waals surface area contributed by atoms with E-state index in [1.165, 1.54) is 0 Å². The maximum Gasteiger partial charge on any atom is 0.164 e. The summed E-state index contributed by atoms with van der Waals surface area (Å²) in [5.74, 6) is 0.662. The number of nitrogens with zero attached hydrogens (tertiary/aromatic N) is 1. The highest BCUT2D eigenvalue weighted by atomic mass is 16.1. The fraction of sp³-hybridized carbons (Fsp3) is 0.455. The van der Waals surface area contributed by atoms with Gasteiger partial charge in [0.2, 0.25) is 0 Å². The zero-order chi connectivity index (χ0) is 9.68. The number of ketones is 1. The predicted octanol–water partition coefficient (Wildman–Crippen LogP) is 2.70. The summed E-state index contributed by atoms with van der Waals surface area (Å²) in [6.45, 7) is 4.19. The van der Waals surface area contributed by atoms with Crippen LogP contribution in [0.2, 0.25) is 0 Å². The van der Waals surface area contributed by atoms with Crippen LogP contribution in [0.1, 0.15) is 37.0 Å². The average Bonchev–Trinajstić information content (AvgIpc) is 2.19. The molecule has 0 spiro atoms. The second kappa shape index (κ2) is 4.75. The lowest BCUT2D eigenvalue weighted by molar-refractivity contribution is 0.0963. The first-order valence-electron chi connectivity index (χ1n) is 4.67. The minimum Gasteiger partial charge on any atom is -0.294 e. The quantitative estimate of drug-likeness (QED) is 0.662. The lowest BCUT2D eigenvalue weighted by atomic mass is 9.99. The molecule has 13 heavy (non-hydrogen) atoms. The van der Waals surface area contributed by atoms with Gasteiger partial charge in [0.15, 0.2) is 5.78 Å². The van der Waals surface area contributed by atoms with Gasteiger partial charge in [-0.1, -0.05) is 20.3 Å². The van der Waals surface area contributed by atoms with E-state index in [0.29, 0.717) is 12.3 Å². The van der Waals surface area contributed by atoms with Crippen LogP contribution in [0, 0.1) is 5.92 Å². The largest absolute Gasteiger partial charge is 0.294 e. The molecule has 1 rings (SSSR count). The first-order chi connectivity index (χ1) is 6.24. The Morgan fingerprint density at radius 2 is 2.38 bits per heavy atom. The van der Waals surface area contributed by atoms with Crippen LogP contribution in [0.25, 0.3) is 0 Å². The third kappa shape index (κ3) is 2.98. The van der Waals surface area contributed by atoms with E-state index in [1.807, 2.05) is 6.07 Å². The van der Waals surface area contributed by atoms with Gasteiger partial charge in [-0.2, -0.15) is 0 Å². The Morgan fingerprint density at radius 3 is 2.92 bits per heavy atom. The van der Waals surface area contributed by atoms with Gasteiger partial charge in [-0.25, -0.2) is 0 Å². The van der Waals surface area contributed by atoms with Crippen molar-refractivity contribution in [2.45, 2.75) is 26.7 Å². The number of Topliss-reactive ketones (excluding diaryl/α,β-unsaturated/α-hetero) is 1. The van der Waals surface area contributed by atoms with E-state index in [9.17, 15) is 4.79 Å². The Bertz CT molecular complexity index is 269. The molecule has 0 aliphatic heterocycles.